The molecule has 0 saturated heterocycles. The van der Waals surface area contributed by atoms with Crippen molar-refractivity contribution in [3.63, 3.8) is 0 Å². The normalized spacial score (nSPS) is 11.6. The van der Waals surface area contributed by atoms with Crippen LogP contribution >= 0.6 is 11.3 Å². The monoisotopic (exact) mass is 308 g/mol. The highest BCUT2D eigenvalue weighted by atomic mass is 32.2. The summed E-state index contributed by atoms with van der Waals surface area (Å²) in [6, 6.07) is 8.45. The maximum Gasteiger partial charge on any atom is 0.188 e. The number of benzene rings is 1. The number of sulfone groups is 1. The van der Waals surface area contributed by atoms with Crippen molar-refractivity contribution in [1.82, 2.24) is 0 Å². The van der Waals surface area contributed by atoms with Gasteiger partial charge in [0.1, 0.15) is 5.75 Å². The molecule has 3 nitrogen and oxygen atoms in total. The first-order chi connectivity index (χ1) is 9.29. The Balaban J connectivity index is 2.27. The summed E-state index contributed by atoms with van der Waals surface area (Å²) in [6.07, 6.45) is 0. The molecule has 0 spiro atoms. The second-order valence-electron chi connectivity index (χ2n) is 4.84. The molecule has 0 radical (unpaired) electrons. The van der Waals surface area contributed by atoms with E-state index in [1.807, 2.05) is 26.8 Å². The average molecular weight is 308 g/mol. The zero-order chi connectivity index (χ0) is 14.9. The molecule has 0 aliphatic carbocycles. The SMILES string of the molecule is Cc1ccc(C(=O)CS(=O)(=O)c2ccc(C)c(C)c2)s1. The number of rotatable bonds is 4. The van der Waals surface area contributed by atoms with Crippen LogP contribution in [0.3, 0.4) is 0 Å². The quantitative estimate of drug-likeness (QED) is 0.814. The van der Waals surface area contributed by atoms with Crippen molar-refractivity contribution in [1.29, 1.82) is 0 Å². The van der Waals surface area contributed by atoms with Crippen molar-refractivity contribution in [3.8, 4) is 0 Å². The van der Waals surface area contributed by atoms with E-state index in [2.05, 4.69) is 0 Å². The van der Waals surface area contributed by atoms with Crippen molar-refractivity contribution in [2.75, 3.05) is 5.75 Å². The first-order valence-corrected chi connectivity index (χ1v) is 8.66. The van der Waals surface area contributed by atoms with Crippen LogP contribution in [0.1, 0.15) is 25.7 Å². The molecule has 20 heavy (non-hydrogen) atoms. The summed E-state index contributed by atoms with van der Waals surface area (Å²) < 4.78 is 24.5. The fourth-order valence-corrected chi connectivity index (χ4v) is 4.01. The van der Waals surface area contributed by atoms with Crippen molar-refractivity contribution in [2.24, 2.45) is 0 Å². The van der Waals surface area contributed by atoms with Crippen LogP contribution in [0.2, 0.25) is 0 Å². The van der Waals surface area contributed by atoms with Gasteiger partial charge in [-0.15, -0.1) is 11.3 Å². The summed E-state index contributed by atoms with van der Waals surface area (Å²) in [5, 5.41) is 0. The van der Waals surface area contributed by atoms with Gasteiger partial charge < -0.3 is 0 Å². The lowest BCUT2D eigenvalue weighted by molar-refractivity contribution is 0.102. The minimum atomic E-state index is -3.58. The molecule has 0 aliphatic heterocycles. The van der Waals surface area contributed by atoms with E-state index in [0.717, 1.165) is 16.0 Å². The van der Waals surface area contributed by atoms with Gasteiger partial charge in [0.25, 0.3) is 0 Å². The number of carbonyl (C=O) groups is 1. The molecule has 0 saturated carbocycles. The third kappa shape index (κ3) is 3.16. The second kappa shape index (κ2) is 5.50. The smallest absolute Gasteiger partial charge is 0.188 e. The Kier molecular flexibility index (Phi) is 4.11. The highest BCUT2D eigenvalue weighted by Gasteiger charge is 2.21. The first kappa shape index (κ1) is 14.9. The predicted molar refractivity (Wildman–Crippen MR) is 81.4 cm³/mol. The molecule has 0 unspecified atom stereocenters. The Morgan fingerprint density at radius 1 is 1.05 bits per heavy atom. The summed E-state index contributed by atoms with van der Waals surface area (Å²) in [6.45, 7) is 5.67. The summed E-state index contributed by atoms with van der Waals surface area (Å²) in [5.74, 6) is -0.823. The van der Waals surface area contributed by atoms with Gasteiger partial charge in [0.2, 0.25) is 0 Å². The largest absolute Gasteiger partial charge is 0.292 e. The topological polar surface area (TPSA) is 51.2 Å². The number of thiophene rings is 1. The number of hydrogen-bond donors (Lipinski definition) is 0. The second-order valence-corrected chi connectivity index (χ2v) is 8.12. The minimum absolute atomic E-state index is 0.210. The van der Waals surface area contributed by atoms with E-state index in [0.29, 0.717) is 4.88 Å². The Morgan fingerprint density at radius 2 is 1.75 bits per heavy atom. The lowest BCUT2D eigenvalue weighted by atomic mass is 10.1. The molecule has 1 aromatic heterocycles. The first-order valence-electron chi connectivity index (χ1n) is 6.19. The molecule has 1 aromatic carbocycles. The summed E-state index contributed by atoms with van der Waals surface area (Å²) >= 11 is 1.32. The molecule has 0 aliphatic rings. The number of aryl methyl sites for hydroxylation is 3. The van der Waals surface area contributed by atoms with Gasteiger partial charge in [-0.2, -0.15) is 0 Å². The third-order valence-electron chi connectivity index (χ3n) is 3.17. The van der Waals surface area contributed by atoms with E-state index in [1.54, 1.807) is 24.3 Å². The molecule has 0 N–H and O–H groups in total. The van der Waals surface area contributed by atoms with Crippen LogP contribution in [0.4, 0.5) is 0 Å². The molecule has 5 heteroatoms. The van der Waals surface area contributed by atoms with Gasteiger partial charge in [-0.25, -0.2) is 8.42 Å². The fourth-order valence-electron chi connectivity index (χ4n) is 1.82. The van der Waals surface area contributed by atoms with Gasteiger partial charge in [0, 0.05) is 4.88 Å². The van der Waals surface area contributed by atoms with Gasteiger partial charge in [-0.05, 0) is 56.2 Å². The van der Waals surface area contributed by atoms with Gasteiger partial charge >= 0.3 is 0 Å². The summed E-state index contributed by atoms with van der Waals surface area (Å²) in [4.78, 5) is 13.7. The number of carbonyl (C=O) groups excluding carboxylic acids is 1. The molecular formula is C15H16O3S2. The van der Waals surface area contributed by atoms with Crippen LogP contribution in [-0.4, -0.2) is 20.0 Å². The maximum absolute atomic E-state index is 12.3. The summed E-state index contributed by atoms with van der Waals surface area (Å²) in [5.41, 5.74) is 1.94. The van der Waals surface area contributed by atoms with E-state index in [1.165, 1.54) is 11.3 Å². The highest BCUT2D eigenvalue weighted by Crippen LogP contribution is 2.20. The summed E-state index contributed by atoms with van der Waals surface area (Å²) in [7, 11) is -3.58. The molecule has 106 valence electrons. The zero-order valence-electron chi connectivity index (χ0n) is 11.6. The Bertz CT molecular complexity index is 755. The van der Waals surface area contributed by atoms with Crippen molar-refractivity contribution >= 4 is 27.0 Å². The fraction of sp³-hybridized carbons (Fsp3) is 0.267. The van der Waals surface area contributed by atoms with Crippen molar-refractivity contribution < 1.29 is 13.2 Å². The third-order valence-corrected chi connectivity index (χ3v) is 5.83. The molecule has 0 bridgehead atoms. The van der Waals surface area contributed by atoms with Gasteiger partial charge in [0.05, 0.1) is 9.77 Å². The minimum Gasteiger partial charge on any atom is -0.292 e. The molecule has 2 aromatic rings. The van der Waals surface area contributed by atoms with Crippen LogP contribution in [0.25, 0.3) is 0 Å². The van der Waals surface area contributed by atoms with E-state index in [-0.39, 0.29) is 10.7 Å². The van der Waals surface area contributed by atoms with Crippen LogP contribution in [0.15, 0.2) is 35.2 Å². The molecular weight excluding hydrogens is 292 g/mol. The lowest BCUT2D eigenvalue weighted by Gasteiger charge is -2.06. The molecule has 2 rings (SSSR count). The number of ketones is 1. The van der Waals surface area contributed by atoms with Crippen LogP contribution in [-0.2, 0) is 9.84 Å². The van der Waals surface area contributed by atoms with Crippen LogP contribution in [0, 0.1) is 20.8 Å². The lowest BCUT2D eigenvalue weighted by Crippen LogP contribution is -2.15. The zero-order valence-corrected chi connectivity index (χ0v) is 13.3. The Hall–Kier alpha value is -1.46. The van der Waals surface area contributed by atoms with Crippen LogP contribution < -0.4 is 0 Å². The van der Waals surface area contributed by atoms with E-state index < -0.39 is 15.6 Å². The molecule has 0 atom stereocenters. The van der Waals surface area contributed by atoms with E-state index in [9.17, 15) is 13.2 Å². The molecule has 1 heterocycles. The molecule has 0 amide bonds. The van der Waals surface area contributed by atoms with Gasteiger partial charge in [-0.3, -0.25) is 4.79 Å². The van der Waals surface area contributed by atoms with E-state index >= 15 is 0 Å². The van der Waals surface area contributed by atoms with E-state index in [4.69, 9.17) is 0 Å². The predicted octanol–water partition coefficient (Wildman–Crippen LogP) is 3.33. The molecule has 0 fully saturated rings. The van der Waals surface area contributed by atoms with Gasteiger partial charge in [0.15, 0.2) is 15.6 Å². The maximum atomic E-state index is 12.3. The van der Waals surface area contributed by atoms with Gasteiger partial charge in [-0.1, -0.05) is 6.07 Å². The number of Topliss-reactive ketones (excluding diaryl/α,β-unsaturated/α-hetero) is 1. The standard InChI is InChI=1S/C15H16O3S2/c1-10-4-6-13(8-11(10)2)20(17,18)9-14(16)15-7-5-12(3)19-15/h4-8H,9H2,1-3H3. The van der Waals surface area contributed by atoms with Crippen molar-refractivity contribution in [2.45, 2.75) is 25.7 Å². The highest BCUT2D eigenvalue weighted by molar-refractivity contribution is 7.92. The Morgan fingerprint density at radius 3 is 2.30 bits per heavy atom. The average Bonchev–Trinajstić information content (AvgIpc) is 2.79. The number of hydrogen-bond acceptors (Lipinski definition) is 4. The Labute approximate surface area is 123 Å². The van der Waals surface area contributed by atoms with Crippen molar-refractivity contribution in [3.05, 3.63) is 51.2 Å². The van der Waals surface area contributed by atoms with Crippen LogP contribution in [0.5, 0.6) is 0 Å².